The molecule has 0 radical (unpaired) electrons. The Labute approximate surface area is 205 Å². The highest BCUT2D eigenvalue weighted by molar-refractivity contribution is 6.37. The fraction of sp³-hybridized carbons (Fsp3) is 0.0833. The highest BCUT2D eigenvalue weighted by Gasteiger charge is 2.14. The molecule has 0 saturated carbocycles. The monoisotopic (exact) mass is 504 g/mol. The molecule has 1 N–H and O–H groups in total. The number of anilines is 1. The molecule has 3 rings (SSSR count). The summed E-state index contributed by atoms with van der Waals surface area (Å²) in [5.74, 6) is -0.272. The van der Waals surface area contributed by atoms with Gasteiger partial charge in [-0.05, 0) is 66.1 Å². The van der Waals surface area contributed by atoms with Crippen molar-refractivity contribution in [3.8, 4) is 11.8 Å². The number of rotatable bonds is 6. The Morgan fingerprint density at radius 1 is 1.03 bits per heavy atom. The molecule has 0 atom stereocenters. The molecule has 0 bridgehead atoms. The standard InChI is InChI=1S/C24H16Cl4N2O2/c1-14-19(26)3-2-4-22(14)30-24(31)17(12-29)9-16-10-20(27)23(21(28)11-16)32-13-15-5-7-18(25)8-6-15/h2-11H,13H2,1H3,(H,30,31)/b17-9-. The van der Waals surface area contributed by atoms with Crippen LogP contribution in [0.4, 0.5) is 5.69 Å². The Balaban J connectivity index is 1.78. The molecular formula is C24H16Cl4N2O2. The molecule has 32 heavy (non-hydrogen) atoms. The third-order valence-electron chi connectivity index (χ3n) is 4.51. The van der Waals surface area contributed by atoms with Gasteiger partial charge in [0.2, 0.25) is 0 Å². The molecule has 0 heterocycles. The third kappa shape index (κ3) is 5.97. The SMILES string of the molecule is Cc1c(Cl)cccc1NC(=O)/C(C#N)=C\c1cc(Cl)c(OCc2ccc(Cl)cc2)c(Cl)c1. The van der Waals surface area contributed by atoms with Crippen LogP contribution in [0.5, 0.6) is 5.75 Å². The van der Waals surface area contributed by atoms with Crippen LogP contribution in [0.3, 0.4) is 0 Å². The highest BCUT2D eigenvalue weighted by atomic mass is 35.5. The minimum Gasteiger partial charge on any atom is -0.486 e. The van der Waals surface area contributed by atoms with Crippen LogP contribution >= 0.6 is 46.4 Å². The van der Waals surface area contributed by atoms with Crippen molar-refractivity contribution in [1.29, 1.82) is 5.26 Å². The molecule has 0 fully saturated rings. The first-order valence-electron chi connectivity index (χ1n) is 9.33. The average molecular weight is 506 g/mol. The van der Waals surface area contributed by atoms with Crippen molar-refractivity contribution in [3.05, 3.63) is 97.0 Å². The zero-order chi connectivity index (χ0) is 23.3. The predicted octanol–water partition coefficient (Wildman–Crippen LogP) is 7.73. The van der Waals surface area contributed by atoms with Gasteiger partial charge in [0.15, 0.2) is 5.75 Å². The molecule has 0 aliphatic rings. The molecule has 162 valence electrons. The number of nitrogens with zero attached hydrogens (tertiary/aromatic N) is 1. The maximum Gasteiger partial charge on any atom is 0.266 e. The smallest absolute Gasteiger partial charge is 0.266 e. The number of amides is 1. The minimum atomic E-state index is -0.576. The summed E-state index contributed by atoms with van der Waals surface area (Å²) < 4.78 is 5.75. The normalized spacial score (nSPS) is 11.1. The summed E-state index contributed by atoms with van der Waals surface area (Å²) in [7, 11) is 0. The van der Waals surface area contributed by atoms with Crippen molar-refractivity contribution in [1.82, 2.24) is 0 Å². The first-order valence-corrected chi connectivity index (χ1v) is 10.8. The quantitative estimate of drug-likeness (QED) is 0.275. The van der Waals surface area contributed by atoms with Crippen LogP contribution in [-0.2, 0) is 11.4 Å². The lowest BCUT2D eigenvalue weighted by atomic mass is 10.1. The molecule has 0 spiro atoms. The second kappa shape index (κ2) is 10.8. The van der Waals surface area contributed by atoms with E-state index in [-0.39, 0.29) is 22.2 Å². The van der Waals surface area contributed by atoms with Crippen LogP contribution in [-0.4, -0.2) is 5.91 Å². The van der Waals surface area contributed by atoms with E-state index in [2.05, 4.69) is 5.32 Å². The van der Waals surface area contributed by atoms with Crippen molar-refractivity contribution in [2.75, 3.05) is 5.32 Å². The average Bonchev–Trinajstić information content (AvgIpc) is 2.76. The summed E-state index contributed by atoms with van der Waals surface area (Å²) in [5.41, 5.74) is 2.48. The van der Waals surface area contributed by atoms with E-state index in [9.17, 15) is 10.1 Å². The number of carbonyl (C=O) groups is 1. The van der Waals surface area contributed by atoms with E-state index in [1.807, 2.05) is 18.2 Å². The van der Waals surface area contributed by atoms with E-state index in [1.165, 1.54) is 6.08 Å². The lowest BCUT2D eigenvalue weighted by Gasteiger charge is -2.12. The lowest BCUT2D eigenvalue weighted by Crippen LogP contribution is -2.14. The van der Waals surface area contributed by atoms with E-state index in [1.54, 1.807) is 49.4 Å². The Morgan fingerprint density at radius 3 is 2.31 bits per heavy atom. The summed E-state index contributed by atoms with van der Waals surface area (Å²) in [6.07, 6.45) is 1.40. The molecule has 0 aromatic heterocycles. The Kier molecular flexibility index (Phi) is 8.06. The van der Waals surface area contributed by atoms with E-state index >= 15 is 0 Å². The van der Waals surface area contributed by atoms with E-state index in [0.717, 1.165) is 5.56 Å². The number of nitrogens with one attached hydrogen (secondary N) is 1. The van der Waals surface area contributed by atoms with Crippen molar-refractivity contribution < 1.29 is 9.53 Å². The first kappa shape index (κ1) is 24.0. The number of hydrogen-bond acceptors (Lipinski definition) is 3. The number of ether oxygens (including phenoxy) is 1. The van der Waals surface area contributed by atoms with E-state index in [4.69, 9.17) is 51.1 Å². The second-order valence-corrected chi connectivity index (χ2v) is 8.42. The van der Waals surface area contributed by atoms with Gasteiger partial charge in [-0.15, -0.1) is 0 Å². The van der Waals surface area contributed by atoms with Crippen LogP contribution in [0.2, 0.25) is 20.1 Å². The van der Waals surface area contributed by atoms with Crippen molar-refractivity contribution >= 4 is 64.1 Å². The zero-order valence-corrected chi connectivity index (χ0v) is 19.8. The lowest BCUT2D eigenvalue weighted by molar-refractivity contribution is -0.112. The van der Waals surface area contributed by atoms with Crippen LogP contribution in [0.15, 0.2) is 60.2 Å². The number of benzene rings is 3. The van der Waals surface area contributed by atoms with Gasteiger partial charge in [0, 0.05) is 15.7 Å². The van der Waals surface area contributed by atoms with Gasteiger partial charge in [-0.3, -0.25) is 4.79 Å². The van der Waals surface area contributed by atoms with Gasteiger partial charge in [0.1, 0.15) is 18.2 Å². The minimum absolute atomic E-state index is 0.119. The van der Waals surface area contributed by atoms with Crippen LogP contribution in [0.1, 0.15) is 16.7 Å². The molecule has 0 aliphatic carbocycles. The molecule has 8 heteroatoms. The highest BCUT2D eigenvalue weighted by Crippen LogP contribution is 2.35. The summed E-state index contributed by atoms with van der Waals surface area (Å²) >= 11 is 24.7. The van der Waals surface area contributed by atoms with Crippen LogP contribution in [0.25, 0.3) is 6.08 Å². The summed E-state index contributed by atoms with van der Waals surface area (Å²) in [4.78, 5) is 12.6. The number of hydrogen-bond donors (Lipinski definition) is 1. The maximum absolute atomic E-state index is 12.6. The van der Waals surface area contributed by atoms with E-state index in [0.29, 0.717) is 32.6 Å². The molecular weight excluding hydrogens is 490 g/mol. The van der Waals surface area contributed by atoms with Gasteiger partial charge in [0.25, 0.3) is 5.91 Å². The second-order valence-electron chi connectivity index (χ2n) is 6.77. The zero-order valence-electron chi connectivity index (χ0n) is 16.8. The van der Waals surface area contributed by atoms with Gasteiger partial charge in [-0.2, -0.15) is 5.26 Å². The van der Waals surface area contributed by atoms with Crippen LogP contribution in [0, 0.1) is 18.3 Å². The van der Waals surface area contributed by atoms with Gasteiger partial charge >= 0.3 is 0 Å². The molecule has 3 aromatic carbocycles. The summed E-state index contributed by atoms with van der Waals surface area (Å²) in [6, 6.07) is 17.4. The molecule has 0 aliphatic heterocycles. The number of carbonyl (C=O) groups excluding carboxylic acids is 1. The molecule has 1 amide bonds. The van der Waals surface area contributed by atoms with Gasteiger partial charge in [-0.1, -0.05) is 64.6 Å². The Morgan fingerprint density at radius 2 is 1.69 bits per heavy atom. The van der Waals surface area contributed by atoms with Crippen molar-refractivity contribution in [2.24, 2.45) is 0 Å². The van der Waals surface area contributed by atoms with Crippen molar-refractivity contribution in [3.63, 3.8) is 0 Å². The van der Waals surface area contributed by atoms with Gasteiger partial charge < -0.3 is 10.1 Å². The fourth-order valence-corrected chi connectivity index (χ4v) is 3.70. The predicted molar refractivity (Wildman–Crippen MR) is 131 cm³/mol. The largest absolute Gasteiger partial charge is 0.486 e. The summed E-state index contributed by atoms with van der Waals surface area (Å²) in [5, 5.41) is 13.8. The van der Waals surface area contributed by atoms with Gasteiger partial charge in [0.05, 0.1) is 10.0 Å². The Bertz CT molecular complexity index is 1210. The number of nitriles is 1. The first-order chi connectivity index (χ1) is 15.3. The van der Waals surface area contributed by atoms with E-state index < -0.39 is 5.91 Å². The topological polar surface area (TPSA) is 62.1 Å². The summed E-state index contributed by atoms with van der Waals surface area (Å²) in [6.45, 7) is 2.02. The Hall–Kier alpha value is -2.68. The molecule has 4 nitrogen and oxygen atoms in total. The maximum atomic E-state index is 12.6. The third-order valence-corrected chi connectivity index (χ3v) is 5.73. The van der Waals surface area contributed by atoms with Crippen molar-refractivity contribution in [2.45, 2.75) is 13.5 Å². The van der Waals surface area contributed by atoms with Crippen LogP contribution < -0.4 is 10.1 Å². The molecule has 0 unspecified atom stereocenters. The molecule has 0 saturated heterocycles. The van der Waals surface area contributed by atoms with Gasteiger partial charge in [-0.25, -0.2) is 0 Å². The fourth-order valence-electron chi connectivity index (χ4n) is 2.78. The number of halogens is 4. The molecule has 3 aromatic rings.